The average Bonchev–Trinajstić information content (AvgIpc) is 2.43. The van der Waals surface area contributed by atoms with E-state index in [1.54, 1.807) is 25.3 Å². The van der Waals surface area contributed by atoms with E-state index in [-0.39, 0.29) is 19.1 Å². The normalized spacial score (nSPS) is 10.3. The van der Waals surface area contributed by atoms with Crippen molar-refractivity contribution in [2.45, 2.75) is 0 Å². The van der Waals surface area contributed by atoms with Crippen molar-refractivity contribution in [3.63, 3.8) is 0 Å². The smallest absolute Gasteiger partial charge is 0.256 e. The van der Waals surface area contributed by atoms with Gasteiger partial charge in [0.25, 0.3) is 5.91 Å². The molecule has 0 bridgehead atoms. The zero-order valence-electron chi connectivity index (χ0n) is 11.3. The molecule has 1 aromatic rings. The molecule has 0 spiro atoms. The van der Waals surface area contributed by atoms with E-state index in [1.165, 1.54) is 12.0 Å². The highest BCUT2D eigenvalue weighted by Gasteiger charge is 2.18. The summed E-state index contributed by atoms with van der Waals surface area (Å²) >= 11 is 0. The van der Waals surface area contributed by atoms with E-state index in [2.05, 4.69) is 0 Å². The summed E-state index contributed by atoms with van der Waals surface area (Å²) in [7, 11) is 3.08. The third-order valence-electron chi connectivity index (χ3n) is 2.71. The van der Waals surface area contributed by atoms with Gasteiger partial charge in [-0.2, -0.15) is 0 Å². The van der Waals surface area contributed by atoms with Crippen LogP contribution in [0.1, 0.15) is 10.4 Å². The van der Waals surface area contributed by atoms with Crippen LogP contribution in [0.4, 0.5) is 5.69 Å². The van der Waals surface area contributed by atoms with Gasteiger partial charge in [-0.05, 0) is 18.2 Å². The summed E-state index contributed by atoms with van der Waals surface area (Å²) in [6.07, 6.45) is 0. The number of aliphatic hydroxyl groups is 1. The van der Waals surface area contributed by atoms with Crippen LogP contribution in [0.15, 0.2) is 18.2 Å². The fraction of sp³-hybridized carbons (Fsp3) is 0.462. The molecule has 0 aliphatic rings. The molecule has 0 fully saturated rings. The molecule has 0 aromatic heterocycles. The number of amides is 1. The van der Waals surface area contributed by atoms with E-state index >= 15 is 0 Å². The number of hydrogen-bond donors (Lipinski definition) is 2. The van der Waals surface area contributed by atoms with Gasteiger partial charge >= 0.3 is 0 Å². The van der Waals surface area contributed by atoms with Gasteiger partial charge in [0.15, 0.2) is 0 Å². The number of carbonyl (C=O) groups is 1. The molecule has 1 aromatic carbocycles. The van der Waals surface area contributed by atoms with Crippen LogP contribution in [0, 0.1) is 0 Å². The maximum atomic E-state index is 12.4. The Bertz CT molecular complexity index is 423. The lowest BCUT2D eigenvalue weighted by Crippen LogP contribution is -2.36. The van der Waals surface area contributed by atoms with Crippen molar-refractivity contribution in [3.05, 3.63) is 23.8 Å². The lowest BCUT2D eigenvalue weighted by molar-refractivity contribution is 0.0657. The Hall–Kier alpha value is -1.79. The molecule has 19 heavy (non-hydrogen) atoms. The third kappa shape index (κ3) is 4.11. The highest BCUT2D eigenvalue weighted by molar-refractivity contribution is 5.99. The monoisotopic (exact) mass is 268 g/mol. The van der Waals surface area contributed by atoms with Crippen LogP contribution in [-0.2, 0) is 4.74 Å². The molecule has 1 amide bonds. The van der Waals surface area contributed by atoms with Crippen molar-refractivity contribution in [1.82, 2.24) is 4.90 Å². The van der Waals surface area contributed by atoms with E-state index in [9.17, 15) is 4.79 Å². The number of carbonyl (C=O) groups excluding carboxylic acids is 1. The quantitative estimate of drug-likeness (QED) is 0.697. The number of nitrogens with zero attached hydrogens (tertiary/aromatic N) is 1. The summed E-state index contributed by atoms with van der Waals surface area (Å²) in [5, 5.41) is 9.01. The molecule has 0 saturated carbocycles. The highest BCUT2D eigenvalue weighted by atomic mass is 16.5. The predicted octanol–water partition coefficient (Wildman–Crippen LogP) is 0.358. The summed E-state index contributed by atoms with van der Waals surface area (Å²) in [6.45, 7) is 0.917. The van der Waals surface area contributed by atoms with E-state index < -0.39 is 0 Å². The fourth-order valence-corrected chi connectivity index (χ4v) is 1.66. The molecular formula is C13H20N2O4. The van der Waals surface area contributed by atoms with E-state index in [0.717, 1.165) is 0 Å². The molecule has 3 N–H and O–H groups in total. The second-order valence-electron chi connectivity index (χ2n) is 3.96. The Kier molecular flexibility index (Phi) is 6.11. The van der Waals surface area contributed by atoms with Gasteiger partial charge in [-0.15, -0.1) is 0 Å². The van der Waals surface area contributed by atoms with E-state index in [0.29, 0.717) is 30.2 Å². The minimum Gasteiger partial charge on any atom is -0.497 e. The summed E-state index contributed by atoms with van der Waals surface area (Å²) in [6, 6.07) is 4.91. The first kappa shape index (κ1) is 15.3. The number of aliphatic hydroxyl groups excluding tert-OH is 1. The maximum absolute atomic E-state index is 12.4. The Balaban J connectivity index is 2.94. The molecule has 0 aliphatic heterocycles. The Morgan fingerprint density at radius 2 is 2.11 bits per heavy atom. The van der Waals surface area contributed by atoms with Crippen molar-refractivity contribution in [1.29, 1.82) is 0 Å². The van der Waals surface area contributed by atoms with Gasteiger partial charge in [-0.3, -0.25) is 4.79 Å². The van der Waals surface area contributed by atoms with Gasteiger partial charge < -0.3 is 25.2 Å². The van der Waals surface area contributed by atoms with Gasteiger partial charge in [-0.1, -0.05) is 0 Å². The summed E-state index contributed by atoms with van der Waals surface area (Å²) in [5.74, 6) is 0.315. The van der Waals surface area contributed by atoms with Gasteiger partial charge in [0.05, 0.1) is 25.9 Å². The SMILES string of the molecule is COCCN(CCO)C(=O)c1cc(OC)ccc1N. The summed E-state index contributed by atoms with van der Waals surface area (Å²) < 4.78 is 10.0. The highest BCUT2D eigenvalue weighted by Crippen LogP contribution is 2.21. The Morgan fingerprint density at radius 3 is 2.68 bits per heavy atom. The zero-order chi connectivity index (χ0) is 14.3. The van der Waals surface area contributed by atoms with Crippen molar-refractivity contribution < 1.29 is 19.4 Å². The van der Waals surface area contributed by atoms with Gasteiger partial charge in [0.1, 0.15) is 5.75 Å². The second kappa shape index (κ2) is 7.60. The van der Waals surface area contributed by atoms with Crippen LogP contribution >= 0.6 is 0 Å². The Labute approximate surface area is 112 Å². The van der Waals surface area contributed by atoms with Crippen molar-refractivity contribution in [2.24, 2.45) is 0 Å². The topological polar surface area (TPSA) is 85.0 Å². The Morgan fingerprint density at radius 1 is 1.37 bits per heavy atom. The van der Waals surface area contributed by atoms with Crippen LogP contribution in [0.25, 0.3) is 0 Å². The van der Waals surface area contributed by atoms with Crippen LogP contribution in [0.2, 0.25) is 0 Å². The number of anilines is 1. The number of hydrogen-bond acceptors (Lipinski definition) is 5. The van der Waals surface area contributed by atoms with Gasteiger partial charge in [0.2, 0.25) is 0 Å². The number of rotatable bonds is 7. The molecule has 0 unspecified atom stereocenters. The first-order valence-electron chi connectivity index (χ1n) is 5.96. The largest absolute Gasteiger partial charge is 0.497 e. The summed E-state index contributed by atoms with van der Waals surface area (Å²) in [5.41, 5.74) is 6.56. The number of benzene rings is 1. The van der Waals surface area contributed by atoms with E-state index in [1.807, 2.05) is 0 Å². The van der Waals surface area contributed by atoms with Gasteiger partial charge in [0, 0.05) is 25.9 Å². The average molecular weight is 268 g/mol. The second-order valence-corrected chi connectivity index (χ2v) is 3.96. The first-order chi connectivity index (χ1) is 9.13. The molecule has 1 rings (SSSR count). The van der Waals surface area contributed by atoms with Crippen LogP contribution in [0.5, 0.6) is 5.75 Å². The third-order valence-corrected chi connectivity index (χ3v) is 2.71. The molecule has 0 aliphatic carbocycles. The number of nitrogen functional groups attached to an aromatic ring is 1. The van der Waals surface area contributed by atoms with E-state index in [4.69, 9.17) is 20.3 Å². The standard InChI is InChI=1S/C13H20N2O4/c1-18-8-6-15(5-7-16)13(17)11-9-10(19-2)3-4-12(11)14/h3-4,9,16H,5-8,14H2,1-2H3. The number of nitrogens with two attached hydrogens (primary N) is 1. The molecule has 106 valence electrons. The molecular weight excluding hydrogens is 248 g/mol. The van der Waals surface area contributed by atoms with Gasteiger partial charge in [-0.25, -0.2) is 0 Å². The maximum Gasteiger partial charge on any atom is 0.256 e. The molecule has 0 radical (unpaired) electrons. The first-order valence-corrected chi connectivity index (χ1v) is 5.96. The zero-order valence-corrected chi connectivity index (χ0v) is 11.3. The molecule has 0 atom stereocenters. The summed E-state index contributed by atoms with van der Waals surface area (Å²) in [4.78, 5) is 13.8. The molecule has 0 saturated heterocycles. The van der Waals surface area contributed by atoms with Crippen molar-refractivity contribution in [3.8, 4) is 5.75 Å². The predicted molar refractivity (Wildman–Crippen MR) is 72.3 cm³/mol. The van der Waals surface area contributed by atoms with Crippen LogP contribution in [0.3, 0.4) is 0 Å². The van der Waals surface area contributed by atoms with Crippen LogP contribution in [-0.4, -0.2) is 56.4 Å². The number of ether oxygens (including phenoxy) is 2. The van der Waals surface area contributed by atoms with Crippen molar-refractivity contribution >= 4 is 11.6 Å². The molecule has 6 nitrogen and oxygen atoms in total. The number of methoxy groups -OCH3 is 2. The van der Waals surface area contributed by atoms with Crippen molar-refractivity contribution in [2.75, 3.05) is 46.3 Å². The minimum atomic E-state index is -0.248. The molecule has 0 heterocycles. The minimum absolute atomic E-state index is 0.112. The van der Waals surface area contributed by atoms with Crippen LogP contribution < -0.4 is 10.5 Å². The fourth-order valence-electron chi connectivity index (χ4n) is 1.66. The lowest BCUT2D eigenvalue weighted by Gasteiger charge is -2.22. The lowest BCUT2D eigenvalue weighted by atomic mass is 10.1. The molecule has 6 heteroatoms.